The van der Waals surface area contributed by atoms with E-state index < -0.39 is 0 Å². The van der Waals surface area contributed by atoms with Crippen molar-refractivity contribution in [3.8, 4) is 5.75 Å². The molecular weight excluding hydrogens is 258 g/mol. The first-order valence-electron chi connectivity index (χ1n) is 7.11. The summed E-state index contributed by atoms with van der Waals surface area (Å²) in [4.78, 5) is 5.07. The highest BCUT2D eigenvalue weighted by atomic mass is 16.6. The van der Waals surface area contributed by atoms with Gasteiger partial charge in [0.05, 0.1) is 0 Å². The van der Waals surface area contributed by atoms with Crippen LogP contribution in [-0.2, 0) is 5.41 Å². The minimum Gasteiger partial charge on any atom is -0.411 e. The Bertz CT molecular complexity index is 524. The van der Waals surface area contributed by atoms with E-state index in [1.807, 2.05) is 44.2 Å². The summed E-state index contributed by atoms with van der Waals surface area (Å²) in [5, 5.41) is 0. The molecule has 1 aromatic carbocycles. The number of nitrogens with two attached hydrogens (primary N) is 1. The molecule has 0 aliphatic carbocycles. The maximum absolute atomic E-state index is 5.43. The quantitative estimate of drug-likeness (QED) is 0.577. The first-order valence-corrected chi connectivity index (χ1v) is 7.11. The number of hydrogen-bond donors (Lipinski definition) is 1. The minimum atomic E-state index is -0.288. The third kappa shape index (κ3) is 4.20. The molecule has 0 saturated carbocycles. The van der Waals surface area contributed by atoms with E-state index in [-0.39, 0.29) is 5.41 Å². The Balaban J connectivity index is 0.00000191. The molecule has 0 bridgehead atoms. The van der Waals surface area contributed by atoms with E-state index in [0.717, 1.165) is 16.7 Å². The van der Waals surface area contributed by atoms with Crippen molar-refractivity contribution in [1.82, 2.24) is 0 Å². The number of benzene rings is 1. The molecule has 1 rings (SSSR count). The van der Waals surface area contributed by atoms with Crippen LogP contribution in [0.1, 0.15) is 38.8 Å². The van der Waals surface area contributed by atoms with Gasteiger partial charge in [-0.15, -0.1) is 0 Å². The summed E-state index contributed by atoms with van der Waals surface area (Å²) in [5.74, 6) is 6.06. The van der Waals surface area contributed by atoms with Crippen molar-refractivity contribution in [2.45, 2.75) is 33.1 Å². The molecule has 2 nitrogen and oxygen atoms in total. The van der Waals surface area contributed by atoms with Gasteiger partial charge in [0.25, 0.3) is 0 Å². The summed E-state index contributed by atoms with van der Waals surface area (Å²) in [6.45, 7) is 19.6. The van der Waals surface area contributed by atoms with Gasteiger partial charge < -0.3 is 4.84 Å². The van der Waals surface area contributed by atoms with Crippen LogP contribution in [0.4, 0.5) is 0 Å². The Labute approximate surface area is 129 Å². The van der Waals surface area contributed by atoms with E-state index in [0.29, 0.717) is 5.75 Å². The van der Waals surface area contributed by atoms with E-state index in [9.17, 15) is 0 Å². The lowest BCUT2D eigenvalue weighted by molar-refractivity contribution is 0.325. The molecule has 0 unspecified atom stereocenters. The lowest BCUT2D eigenvalue weighted by Crippen LogP contribution is -2.22. The van der Waals surface area contributed by atoms with Gasteiger partial charge in [-0.1, -0.05) is 89.9 Å². The third-order valence-corrected chi connectivity index (χ3v) is 3.30. The summed E-state index contributed by atoms with van der Waals surface area (Å²) >= 11 is 0. The Morgan fingerprint density at radius 1 is 1.19 bits per heavy atom. The molecule has 0 heterocycles. The van der Waals surface area contributed by atoms with Crippen LogP contribution in [0, 0.1) is 0 Å². The molecule has 0 spiro atoms. The van der Waals surface area contributed by atoms with Gasteiger partial charge in [-0.2, -0.15) is 5.90 Å². The van der Waals surface area contributed by atoms with Gasteiger partial charge in [0.2, 0.25) is 0 Å². The Kier molecular flexibility index (Phi) is 8.10. The summed E-state index contributed by atoms with van der Waals surface area (Å²) in [6.07, 6.45) is 7.24. The first-order chi connectivity index (χ1) is 10.0. The van der Waals surface area contributed by atoms with Crippen LogP contribution in [0.25, 0.3) is 6.08 Å². The molecule has 114 valence electrons. The molecule has 0 amide bonds. The van der Waals surface area contributed by atoms with E-state index in [1.54, 1.807) is 12.2 Å². The average Bonchev–Trinajstić information content (AvgIpc) is 2.53. The smallest absolute Gasteiger partial charge is 0.158 e. The van der Waals surface area contributed by atoms with Gasteiger partial charge in [-0.25, -0.2) is 0 Å². The first kappa shape index (κ1) is 18.9. The fourth-order valence-corrected chi connectivity index (χ4v) is 2.15. The largest absolute Gasteiger partial charge is 0.411 e. The van der Waals surface area contributed by atoms with E-state index >= 15 is 0 Å². The maximum Gasteiger partial charge on any atom is 0.158 e. The van der Waals surface area contributed by atoms with Crippen LogP contribution in [0.3, 0.4) is 0 Å². The molecule has 1 aromatic rings. The molecule has 0 aliphatic heterocycles. The lowest BCUT2D eigenvalue weighted by Gasteiger charge is -2.29. The molecular formula is C19H27NO. The van der Waals surface area contributed by atoms with Crippen molar-refractivity contribution in [2.24, 2.45) is 5.90 Å². The van der Waals surface area contributed by atoms with Crippen molar-refractivity contribution >= 4 is 6.08 Å². The predicted molar refractivity (Wildman–Crippen MR) is 94.2 cm³/mol. The topological polar surface area (TPSA) is 35.2 Å². The highest BCUT2D eigenvalue weighted by molar-refractivity contribution is 5.61. The average molecular weight is 285 g/mol. The molecule has 0 atom stereocenters. The second-order valence-electron chi connectivity index (χ2n) is 4.73. The monoisotopic (exact) mass is 285 g/mol. The zero-order valence-corrected chi connectivity index (χ0v) is 13.6. The van der Waals surface area contributed by atoms with Crippen molar-refractivity contribution in [3.05, 3.63) is 72.9 Å². The van der Waals surface area contributed by atoms with E-state index in [4.69, 9.17) is 10.7 Å². The lowest BCUT2D eigenvalue weighted by atomic mass is 9.76. The molecule has 2 heteroatoms. The predicted octanol–water partition coefficient (Wildman–Crippen LogP) is 5.18. The van der Waals surface area contributed by atoms with Crippen molar-refractivity contribution in [1.29, 1.82) is 0 Å². The number of hydrogen-bond acceptors (Lipinski definition) is 2. The van der Waals surface area contributed by atoms with Gasteiger partial charge >= 0.3 is 0 Å². The second-order valence-corrected chi connectivity index (χ2v) is 4.73. The van der Waals surface area contributed by atoms with Gasteiger partial charge in [-0.05, 0) is 5.57 Å². The van der Waals surface area contributed by atoms with Crippen LogP contribution in [0.2, 0.25) is 0 Å². The normalized spacial score (nSPS) is 11.0. The second kappa shape index (κ2) is 8.98. The molecule has 0 aromatic heterocycles. The zero-order valence-electron chi connectivity index (χ0n) is 13.6. The fourth-order valence-electron chi connectivity index (χ4n) is 2.15. The molecule has 0 saturated heterocycles. The number of para-hydroxylation sites is 1. The highest BCUT2D eigenvalue weighted by Gasteiger charge is 2.28. The molecule has 0 radical (unpaired) electrons. The van der Waals surface area contributed by atoms with Crippen molar-refractivity contribution in [3.63, 3.8) is 0 Å². The summed E-state index contributed by atoms with van der Waals surface area (Å²) in [5.41, 5.74) is 2.61. The van der Waals surface area contributed by atoms with Gasteiger partial charge in [0, 0.05) is 16.5 Å². The Morgan fingerprint density at radius 3 is 2.24 bits per heavy atom. The zero-order chi connectivity index (χ0) is 16.5. The summed E-state index contributed by atoms with van der Waals surface area (Å²) in [6, 6.07) is 5.88. The van der Waals surface area contributed by atoms with Gasteiger partial charge in [0.15, 0.2) is 5.75 Å². The number of rotatable bonds is 6. The maximum atomic E-state index is 5.43. The molecule has 2 N–H and O–H groups in total. The number of allylic oxidation sites excluding steroid dienone is 4. The minimum absolute atomic E-state index is 0.288. The Morgan fingerprint density at radius 2 is 1.81 bits per heavy atom. The van der Waals surface area contributed by atoms with Crippen LogP contribution in [0.5, 0.6) is 5.75 Å². The fraction of sp³-hybridized carbons (Fsp3) is 0.263. The van der Waals surface area contributed by atoms with Gasteiger partial charge in [0.1, 0.15) is 0 Å². The Hall–Kier alpha value is -2.06. The van der Waals surface area contributed by atoms with E-state index in [1.165, 1.54) is 0 Å². The summed E-state index contributed by atoms with van der Waals surface area (Å²) in [7, 11) is 0. The molecule has 0 aliphatic rings. The van der Waals surface area contributed by atoms with Gasteiger partial charge in [-0.3, -0.25) is 0 Å². The van der Waals surface area contributed by atoms with Crippen molar-refractivity contribution in [2.75, 3.05) is 0 Å². The van der Waals surface area contributed by atoms with Crippen LogP contribution < -0.4 is 10.7 Å². The van der Waals surface area contributed by atoms with Crippen LogP contribution in [0.15, 0.2) is 61.7 Å². The highest BCUT2D eigenvalue weighted by Crippen LogP contribution is 2.39. The van der Waals surface area contributed by atoms with Crippen molar-refractivity contribution < 1.29 is 4.84 Å². The molecule has 0 fully saturated rings. The molecule has 21 heavy (non-hydrogen) atoms. The SMILES string of the molecule is C=C/C=C(\C=C)C(C)(C)c1cccc(C=C)c1ON.CC. The van der Waals surface area contributed by atoms with Crippen LogP contribution in [-0.4, -0.2) is 0 Å². The van der Waals surface area contributed by atoms with E-state index in [2.05, 4.69) is 33.6 Å². The van der Waals surface area contributed by atoms with Crippen LogP contribution >= 0.6 is 0 Å². The summed E-state index contributed by atoms with van der Waals surface area (Å²) < 4.78 is 0. The standard InChI is InChI=1S/C17H21NO.C2H6/c1-6-10-14(8-3)17(4,5)15-12-9-11-13(7-2)16(15)19-18;1-2/h6-12H,1-3,18H2,4-5H3;1-2H3/b14-10+;. The third-order valence-electron chi connectivity index (χ3n) is 3.30.